The van der Waals surface area contributed by atoms with Crippen LogP contribution in [0, 0.1) is 6.92 Å². The Morgan fingerprint density at radius 3 is 2.48 bits per heavy atom. The van der Waals surface area contributed by atoms with Crippen LogP contribution in [-0.2, 0) is 12.6 Å². The fourth-order valence-corrected chi connectivity index (χ4v) is 2.62. The molecular formula is C19H17F3N4O. The molecule has 0 spiro atoms. The van der Waals surface area contributed by atoms with Crippen molar-refractivity contribution in [3.05, 3.63) is 71.0 Å². The highest BCUT2D eigenvalue weighted by Crippen LogP contribution is 2.30. The third-order valence-corrected chi connectivity index (χ3v) is 4.15. The Kier molecular flexibility index (Phi) is 4.98. The predicted molar refractivity (Wildman–Crippen MR) is 94.9 cm³/mol. The maximum atomic E-state index is 12.8. The first-order valence-corrected chi connectivity index (χ1v) is 8.30. The largest absolute Gasteiger partial charge is 0.416 e. The highest BCUT2D eigenvalue weighted by Gasteiger charge is 2.30. The van der Waals surface area contributed by atoms with E-state index in [4.69, 9.17) is 0 Å². The number of anilines is 1. The Labute approximate surface area is 153 Å². The number of carbonyl (C=O) groups is 1. The molecule has 5 nitrogen and oxygen atoms in total. The third kappa shape index (κ3) is 3.99. The van der Waals surface area contributed by atoms with Crippen LogP contribution in [0.2, 0.25) is 0 Å². The Hall–Kier alpha value is -3.16. The van der Waals surface area contributed by atoms with Crippen molar-refractivity contribution in [3.63, 3.8) is 0 Å². The summed E-state index contributed by atoms with van der Waals surface area (Å²) in [7, 11) is 0. The molecule has 2 aromatic carbocycles. The molecule has 3 aromatic rings. The Morgan fingerprint density at radius 2 is 1.85 bits per heavy atom. The highest BCUT2D eigenvalue weighted by molar-refractivity contribution is 6.03. The molecule has 0 saturated heterocycles. The second-order valence-corrected chi connectivity index (χ2v) is 5.99. The van der Waals surface area contributed by atoms with Gasteiger partial charge in [0.05, 0.1) is 16.9 Å². The van der Waals surface area contributed by atoms with Gasteiger partial charge >= 0.3 is 6.18 Å². The van der Waals surface area contributed by atoms with Gasteiger partial charge in [-0.05, 0) is 49.2 Å². The van der Waals surface area contributed by atoms with Crippen molar-refractivity contribution < 1.29 is 18.0 Å². The van der Waals surface area contributed by atoms with Gasteiger partial charge in [0.15, 0.2) is 5.69 Å². The molecule has 0 bridgehead atoms. The molecule has 140 valence electrons. The van der Waals surface area contributed by atoms with Crippen molar-refractivity contribution in [3.8, 4) is 5.69 Å². The molecule has 0 aliphatic rings. The van der Waals surface area contributed by atoms with Gasteiger partial charge in [0, 0.05) is 5.69 Å². The molecule has 1 amide bonds. The number of carbonyl (C=O) groups excluding carboxylic acids is 1. The number of amides is 1. The Bertz CT molecular complexity index is 962. The number of alkyl halides is 3. The normalized spacial score (nSPS) is 11.4. The Morgan fingerprint density at radius 1 is 1.15 bits per heavy atom. The molecule has 0 radical (unpaired) electrons. The van der Waals surface area contributed by atoms with Gasteiger partial charge in [-0.15, -0.1) is 5.10 Å². The van der Waals surface area contributed by atoms with Gasteiger partial charge in [0.25, 0.3) is 5.91 Å². The first-order valence-electron chi connectivity index (χ1n) is 8.30. The van der Waals surface area contributed by atoms with E-state index in [0.29, 0.717) is 5.69 Å². The van der Waals surface area contributed by atoms with Gasteiger partial charge in [-0.2, -0.15) is 13.2 Å². The second-order valence-electron chi connectivity index (χ2n) is 5.99. The molecular weight excluding hydrogens is 357 g/mol. The average Bonchev–Trinajstić information content (AvgIpc) is 3.03. The molecule has 1 heterocycles. The van der Waals surface area contributed by atoms with Crippen LogP contribution < -0.4 is 5.32 Å². The first-order chi connectivity index (χ1) is 12.8. The monoisotopic (exact) mass is 374 g/mol. The standard InChI is InChI=1S/C19H17F3N4O/c1-3-13-7-9-16(10-8-13)26-12(2)17(24-25-26)18(27)23-15-6-4-5-14(11-15)19(20,21)22/h4-11H,3H2,1-2H3,(H,23,27). The zero-order chi connectivity index (χ0) is 19.6. The van der Waals surface area contributed by atoms with E-state index in [0.717, 1.165) is 24.2 Å². The number of nitrogens with one attached hydrogen (secondary N) is 1. The van der Waals surface area contributed by atoms with Gasteiger partial charge in [-0.1, -0.05) is 30.3 Å². The minimum absolute atomic E-state index is 0.0380. The lowest BCUT2D eigenvalue weighted by Gasteiger charge is -2.09. The predicted octanol–water partition coefficient (Wildman–Crippen LogP) is 4.41. The fourth-order valence-electron chi connectivity index (χ4n) is 2.62. The lowest BCUT2D eigenvalue weighted by atomic mass is 10.1. The van der Waals surface area contributed by atoms with E-state index in [1.807, 2.05) is 31.2 Å². The maximum Gasteiger partial charge on any atom is 0.416 e. The van der Waals surface area contributed by atoms with E-state index in [-0.39, 0.29) is 11.4 Å². The van der Waals surface area contributed by atoms with Crippen molar-refractivity contribution in [2.75, 3.05) is 5.32 Å². The molecule has 0 aliphatic heterocycles. The number of rotatable bonds is 4. The SMILES string of the molecule is CCc1ccc(-n2nnc(C(=O)Nc3cccc(C(F)(F)F)c3)c2C)cc1. The van der Waals surface area contributed by atoms with Crippen LogP contribution in [0.4, 0.5) is 18.9 Å². The number of hydrogen-bond acceptors (Lipinski definition) is 3. The number of hydrogen-bond donors (Lipinski definition) is 1. The van der Waals surface area contributed by atoms with Crippen molar-refractivity contribution >= 4 is 11.6 Å². The van der Waals surface area contributed by atoms with Crippen molar-refractivity contribution in [1.29, 1.82) is 0 Å². The molecule has 27 heavy (non-hydrogen) atoms. The second kappa shape index (κ2) is 7.22. The highest BCUT2D eigenvalue weighted by atomic mass is 19.4. The minimum atomic E-state index is -4.48. The van der Waals surface area contributed by atoms with Crippen LogP contribution in [0.25, 0.3) is 5.69 Å². The van der Waals surface area contributed by atoms with Gasteiger partial charge in [-0.25, -0.2) is 4.68 Å². The molecule has 0 saturated carbocycles. The summed E-state index contributed by atoms with van der Waals surface area (Å²) < 4.78 is 39.9. The van der Waals surface area contributed by atoms with Crippen LogP contribution in [0.15, 0.2) is 48.5 Å². The van der Waals surface area contributed by atoms with E-state index < -0.39 is 17.6 Å². The zero-order valence-electron chi connectivity index (χ0n) is 14.7. The van der Waals surface area contributed by atoms with Crippen molar-refractivity contribution in [2.45, 2.75) is 26.4 Å². The lowest BCUT2D eigenvalue weighted by Crippen LogP contribution is -2.15. The van der Waals surface area contributed by atoms with Gasteiger partial charge in [0.1, 0.15) is 0 Å². The fraction of sp³-hybridized carbons (Fsp3) is 0.211. The topological polar surface area (TPSA) is 59.8 Å². The van der Waals surface area contributed by atoms with Crippen LogP contribution in [0.1, 0.15) is 34.2 Å². The number of nitrogens with zero attached hydrogens (tertiary/aromatic N) is 3. The summed E-state index contributed by atoms with van der Waals surface area (Å²) in [6, 6.07) is 12.1. The number of halogens is 3. The summed E-state index contributed by atoms with van der Waals surface area (Å²) in [5, 5.41) is 10.3. The summed E-state index contributed by atoms with van der Waals surface area (Å²) in [5.74, 6) is -0.622. The minimum Gasteiger partial charge on any atom is -0.321 e. The Balaban J connectivity index is 1.83. The first kappa shape index (κ1) is 18.6. The van der Waals surface area contributed by atoms with E-state index in [9.17, 15) is 18.0 Å². The van der Waals surface area contributed by atoms with Crippen LogP contribution in [-0.4, -0.2) is 20.9 Å². The molecule has 0 aliphatic carbocycles. The average molecular weight is 374 g/mol. The van der Waals surface area contributed by atoms with Crippen LogP contribution in [0.3, 0.4) is 0 Å². The van der Waals surface area contributed by atoms with Gasteiger partial charge in [0.2, 0.25) is 0 Å². The molecule has 3 rings (SSSR count). The molecule has 0 atom stereocenters. The zero-order valence-corrected chi connectivity index (χ0v) is 14.7. The molecule has 1 aromatic heterocycles. The summed E-state index contributed by atoms with van der Waals surface area (Å²) in [6.07, 6.45) is -3.58. The van der Waals surface area contributed by atoms with Gasteiger partial charge in [-0.3, -0.25) is 4.79 Å². The molecule has 0 unspecified atom stereocenters. The summed E-state index contributed by atoms with van der Waals surface area (Å²) in [4.78, 5) is 12.4. The molecule has 1 N–H and O–H groups in total. The lowest BCUT2D eigenvalue weighted by molar-refractivity contribution is -0.137. The van der Waals surface area contributed by atoms with Gasteiger partial charge < -0.3 is 5.32 Å². The van der Waals surface area contributed by atoms with E-state index in [1.165, 1.54) is 22.4 Å². The van der Waals surface area contributed by atoms with E-state index >= 15 is 0 Å². The van der Waals surface area contributed by atoms with Crippen molar-refractivity contribution in [1.82, 2.24) is 15.0 Å². The smallest absolute Gasteiger partial charge is 0.321 e. The van der Waals surface area contributed by atoms with Crippen molar-refractivity contribution in [2.24, 2.45) is 0 Å². The summed E-state index contributed by atoms with van der Waals surface area (Å²) in [6.45, 7) is 3.72. The van der Waals surface area contributed by atoms with E-state index in [1.54, 1.807) is 6.92 Å². The quantitative estimate of drug-likeness (QED) is 0.736. The summed E-state index contributed by atoms with van der Waals surface area (Å²) >= 11 is 0. The van der Waals surface area contributed by atoms with Crippen LogP contribution in [0.5, 0.6) is 0 Å². The summed E-state index contributed by atoms with van der Waals surface area (Å²) in [5.41, 5.74) is 1.65. The number of aryl methyl sites for hydroxylation is 1. The maximum absolute atomic E-state index is 12.8. The number of benzene rings is 2. The molecule has 0 fully saturated rings. The third-order valence-electron chi connectivity index (χ3n) is 4.15. The van der Waals surface area contributed by atoms with E-state index in [2.05, 4.69) is 15.6 Å². The molecule has 8 heteroatoms. The number of aromatic nitrogens is 3. The van der Waals surface area contributed by atoms with Crippen LogP contribution >= 0.6 is 0 Å².